The summed E-state index contributed by atoms with van der Waals surface area (Å²) >= 11 is 1.92. The lowest BCUT2D eigenvalue weighted by Gasteiger charge is -2.33. The summed E-state index contributed by atoms with van der Waals surface area (Å²) in [5, 5.41) is 3.61. The maximum absolute atomic E-state index is 3.61. The fourth-order valence-electron chi connectivity index (χ4n) is 1.78. The van der Waals surface area contributed by atoms with Crippen LogP contribution in [0.25, 0.3) is 0 Å². The highest BCUT2D eigenvalue weighted by Crippen LogP contribution is 2.38. The molecule has 0 aromatic carbocycles. The van der Waals surface area contributed by atoms with E-state index in [0.29, 0.717) is 11.5 Å². The molecule has 1 unspecified atom stereocenters. The third kappa shape index (κ3) is 3.05. The molecule has 0 saturated heterocycles. The lowest BCUT2D eigenvalue weighted by atomic mass is 9.81. The van der Waals surface area contributed by atoms with Gasteiger partial charge in [0.25, 0.3) is 0 Å². The van der Waals surface area contributed by atoms with E-state index in [9.17, 15) is 0 Å². The Hall–Kier alpha value is -0.340. The van der Waals surface area contributed by atoms with Gasteiger partial charge in [-0.15, -0.1) is 11.3 Å². The van der Waals surface area contributed by atoms with Crippen LogP contribution in [0.15, 0.2) is 12.1 Å². The summed E-state index contributed by atoms with van der Waals surface area (Å²) in [6.45, 7) is 12.3. The second-order valence-corrected chi connectivity index (χ2v) is 6.10. The van der Waals surface area contributed by atoms with Crippen molar-refractivity contribution >= 4 is 11.3 Å². The predicted molar refractivity (Wildman–Crippen MR) is 69.5 cm³/mol. The van der Waals surface area contributed by atoms with Crippen molar-refractivity contribution in [1.82, 2.24) is 5.32 Å². The molecule has 1 heterocycles. The standard InChI is InChI=1S/C13H23NS/c1-6-13(4,5)12(14-7-2)11-9-8-10(3)15-11/h8-9,12,14H,6-7H2,1-5H3. The van der Waals surface area contributed by atoms with Gasteiger partial charge in [-0.05, 0) is 37.4 Å². The molecular formula is C13H23NS. The van der Waals surface area contributed by atoms with Crippen LogP contribution in [0.2, 0.25) is 0 Å². The first kappa shape index (κ1) is 12.7. The normalized spacial score (nSPS) is 14.2. The second-order valence-electron chi connectivity index (χ2n) is 4.78. The summed E-state index contributed by atoms with van der Waals surface area (Å²) in [7, 11) is 0. The minimum absolute atomic E-state index is 0.327. The van der Waals surface area contributed by atoms with Gasteiger partial charge in [0, 0.05) is 15.8 Å². The predicted octanol–water partition coefficient (Wildman–Crippen LogP) is 4.14. The quantitative estimate of drug-likeness (QED) is 0.794. The van der Waals surface area contributed by atoms with E-state index in [4.69, 9.17) is 0 Å². The van der Waals surface area contributed by atoms with Gasteiger partial charge < -0.3 is 5.32 Å². The van der Waals surface area contributed by atoms with Gasteiger partial charge in [-0.3, -0.25) is 0 Å². The first-order valence-electron chi connectivity index (χ1n) is 5.81. The van der Waals surface area contributed by atoms with E-state index in [1.54, 1.807) is 0 Å². The summed E-state index contributed by atoms with van der Waals surface area (Å²) < 4.78 is 0. The SMILES string of the molecule is CCNC(c1ccc(C)s1)C(C)(C)CC. The van der Waals surface area contributed by atoms with Crippen LogP contribution in [-0.2, 0) is 0 Å². The van der Waals surface area contributed by atoms with Crippen LogP contribution in [0, 0.1) is 12.3 Å². The van der Waals surface area contributed by atoms with E-state index in [0.717, 1.165) is 6.54 Å². The summed E-state index contributed by atoms with van der Waals surface area (Å²) in [4.78, 5) is 2.88. The van der Waals surface area contributed by atoms with Gasteiger partial charge in [-0.1, -0.05) is 27.7 Å². The fraction of sp³-hybridized carbons (Fsp3) is 0.692. The Bertz CT molecular complexity index is 301. The number of nitrogens with one attached hydrogen (secondary N) is 1. The van der Waals surface area contributed by atoms with Gasteiger partial charge >= 0.3 is 0 Å². The number of hydrogen-bond donors (Lipinski definition) is 1. The highest BCUT2D eigenvalue weighted by molar-refractivity contribution is 7.12. The van der Waals surface area contributed by atoms with Crippen molar-refractivity contribution in [2.24, 2.45) is 5.41 Å². The van der Waals surface area contributed by atoms with Gasteiger partial charge in [0.2, 0.25) is 0 Å². The van der Waals surface area contributed by atoms with Crippen LogP contribution in [0.3, 0.4) is 0 Å². The zero-order chi connectivity index (χ0) is 11.5. The highest BCUT2D eigenvalue weighted by atomic mass is 32.1. The van der Waals surface area contributed by atoms with Crippen LogP contribution >= 0.6 is 11.3 Å². The van der Waals surface area contributed by atoms with Crippen molar-refractivity contribution in [3.05, 3.63) is 21.9 Å². The summed E-state index contributed by atoms with van der Waals surface area (Å²) in [6, 6.07) is 4.98. The summed E-state index contributed by atoms with van der Waals surface area (Å²) in [5.74, 6) is 0. The van der Waals surface area contributed by atoms with Crippen molar-refractivity contribution in [2.45, 2.75) is 47.1 Å². The lowest BCUT2D eigenvalue weighted by Crippen LogP contribution is -2.33. The van der Waals surface area contributed by atoms with E-state index in [2.05, 4.69) is 52.1 Å². The largest absolute Gasteiger partial charge is 0.309 e. The molecule has 15 heavy (non-hydrogen) atoms. The van der Waals surface area contributed by atoms with E-state index < -0.39 is 0 Å². The van der Waals surface area contributed by atoms with E-state index in [1.807, 2.05) is 11.3 Å². The smallest absolute Gasteiger partial charge is 0.0466 e. The number of thiophene rings is 1. The van der Waals surface area contributed by atoms with Crippen molar-refractivity contribution in [3.63, 3.8) is 0 Å². The van der Waals surface area contributed by atoms with Crippen LogP contribution in [-0.4, -0.2) is 6.54 Å². The lowest BCUT2D eigenvalue weighted by molar-refractivity contribution is 0.240. The molecule has 1 N–H and O–H groups in total. The fourth-order valence-corrected chi connectivity index (χ4v) is 2.94. The minimum atomic E-state index is 0.327. The van der Waals surface area contributed by atoms with Gasteiger partial charge in [0.15, 0.2) is 0 Å². The minimum Gasteiger partial charge on any atom is -0.309 e. The Morgan fingerprint density at radius 2 is 2.00 bits per heavy atom. The van der Waals surface area contributed by atoms with E-state index in [-0.39, 0.29) is 0 Å². The first-order chi connectivity index (χ1) is 7.01. The van der Waals surface area contributed by atoms with Crippen molar-refractivity contribution < 1.29 is 0 Å². The van der Waals surface area contributed by atoms with E-state index >= 15 is 0 Å². The molecule has 1 rings (SSSR count). The van der Waals surface area contributed by atoms with Crippen molar-refractivity contribution in [3.8, 4) is 0 Å². The number of hydrogen-bond acceptors (Lipinski definition) is 2. The molecule has 0 aliphatic rings. The van der Waals surface area contributed by atoms with Crippen LogP contribution in [0.5, 0.6) is 0 Å². The number of rotatable bonds is 5. The topological polar surface area (TPSA) is 12.0 Å². The van der Waals surface area contributed by atoms with Crippen LogP contribution in [0.4, 0.5) is 0 Å². The maximum Gasteiger partial charge on any atom is 0.0466 e. The monoisotopic (exact) mass is 225 g/mol. The Morgan fingerprint density at radius 1 is 1.33 bits per heavy atom. The van der Waals surface area contributed by atoms with Gasteiger partial charge in [-0.2, -0.15) is 0 Å². The highest BCUT2D eigenvalue weighted by Gasteiger charge is 2.29. The third-order valence-electron chi connectivity index (χ3n) is 3.15. The molecule has 0 aliphatic carbocycles. The van der Waals surface area contributed by atoms with Crippen molar-refractivity contribution in [1.29, 1.82) is 0 Å². The number of aryl methyl sites for hydroxylation is 1. The summed E-state index contributed by atoms with van der Waals surface area (Å²) in [5.41, 5.74) is 0.327. The second kappa shape index (κ2) is 5.13. The molecule has 0 spiro atoms. The molecule has 2 heteroatoms. The molecule has 0 aliphatic heterocycles. The average Bonchev–Trinajstić information content (AvgIpc) is 2.60. The molecule has 0 fully saturated rings. The Kier molecular flexibility index (Phi) is 4.35. The zero-order valence-corrected chi connectivity index (χ0v) is 11.4. The molecule has 1 aromatic heterocycles. The molecule has 1 nitrogen and oxygen atoms in total. The molecule has 0 bridgehead atoms. The molecule has 0 amide bonds. The van der Waals surface area contributed by atoms with Crippen LogP contribution in [0.1, 0.15) is 49.9 Å². The van der Waals surface area contributed by atoms with Gasteiger partial charge in [0.05, 0.1) is 0 Å². The maximum atomic E-state index is 3.61. The molecule has 1 aromatic rings. The molecule has 1 atom stereocenters. The van der Waals surface area contributed by atoms with Gasteiger partial charge in [-0.25, -0.2) is 0 Å². The van der Waals surface area contributed by atoms with Crippen LogP contribution < -0.4 is 5.32 Å². The van der Waals surface area contributed by atoms with E-state index in [1.165, 1.54) is 16.2 Å². The molecule has 0 saturated carbocycles. The zero-order valence-electron chi connectivity index (χ0n) is 10.6. The molecular weight excluding hydrogens is 202 g/mol. The summed E-state index contributed by atoms with van der Waals surface area (Å²) in [6.07, 6.45) is 1.20. The van der Waals surface area contributed by atoms with Crippen molar-refractivity contribution in [2.75, 3.05) is 6.54 Å². The average molecular weight is 225 g/mol. The molecule has 0 radical (unpaired) electrons. The Balaban J connectivity index is 2.92. The first-order valence-corrected chi connectivity index (χ1v) is 6.62. The Labute approximate surface area is 97.9 Å². The van der Waals surface area contributed by atoms with Gasteiger partial charge in [0.1, 0.15) is 0 Å². The Morgan fingerprint density at radius 3 is 2.40 bits per heavy atom. The third-order valence-corrected chi connectivity index (χ3v) is 4.21. The molecule has 86 valence electrons.